The van der Waals surface area contributed by atoms with E-state index < -0.39 is 0 Å². The van der Waals surface area contributed by atoms with Crippen molar-refractivity contribution in [3.05, 3.63) is 32.5 Å². The fraction of sp³-hybridized carbons (Fsp3) is 0.125. The predicted molar refractivity (Wildman–Crippen MR) is 51.1 cm³/mol. The molecule has 0 saturated heterocycles. The molecule has 1 aromatic carbocycles. The van der Waals surface area contributed by atoms with Gasteiger partial charge in [0.15, 0.2) is 0 Å². The van der Waals surface area contributed by atoms with E-state index >= 15 is 0 Å². The Morgan fingerprint density at radius 1 is 1.42 bits per heavy atom. The molecule has 1 rings (SSSR count). The first-order valence-electron chi connectivity index (χ1n) is 3.16. The molecule has 0 aromatic heterocycles. The molecule has 0 saturated carbocycles. The minimum absolute atomic E-state index is 0.193. The zero-order valence-corrected chi connectivity index (χ0v) is 9.11. The molecule has 62 valence electrons. The van der Waals surface area contributed by atoms with Gasteiger partial charge in [-0.05, 0) is 33.6 Å². The first-order chi connectivity index (χ1) is 5.66. The molecule has 0 heterocycles. The lowest BCUT2D eigenvalue weighted by atomic mass is 10.2. The average Bonchev–Trinajstić information content (AvgIpc) is 2.06. The molecule has 1 aromatic rings. The molecule has 0 fully saturated rings. The number of halogens is 3. The van der Waals surface area contributed by atoms with Crippen LogP contribution in [0.4, 0.5) is 4.39 Å². The molecule has 0 amide bonds. The molecule has 0 bridgehead atoms. The van der Waals surface area contributed by atoms with Gasteiger partial charge in [-0.15, -0.1) is 0 Å². The second-order valence-corrected chi connectivity index (χ2v) is 3.80. The lowest BCUT2D eigenvalue weighted by Gasteiger charge is -2.03. The second-order valence-electron chi connectivity index (χ2n) is 2.16. The molecule has 1 nitrogen and oxygen atoms in total. The summed E-state index contributed by atoms with van der Waals surface area (Å²) >= 11 is 6.31. The minimum atomic E-state index is -0.344. The maximum Gasteiger partial charge on any atom is 0.137 e. The summed E-state index contributed by atoms with van der Waals surface area (Å²) in [6, 6.07) is 4.90. The highest BCUT2D eigenvalue weighted by molar-refractivity contribution is 9.11. The quantitative estimate of drug-likeness (QED) is 0.728. The lowest BCUT2D eigenvalue weighted by molar-refractivity contribution is 0.618. The topological polar surface area (TPSA) is 23.8 Å². The summed E-state index contributed by atoms with van der Waals surface area (Å²) in [5.74, 6) is -0.344. The summed E-state index contributed by atoms with van der Waals surface area (Å²) in [5.41, 5.74) is 0.650. The van der Waals surface area contributed by atoms with Gasteiger partial charge in [0.2, 0.25) is 0 Å². The summed E-state index contributed by atoms with van der Waals surface area (Å²) in [6.07, 6.45) is 0.193. The van der Waals surface area contributed by atoms with Gasteiger partial charge < -0.3 is 0 Å². The van der Waals surface area contributed by atoms with Crippen molar-refractivity contribution in [1.29, 1.82) is 5.26 Å². The third-order valence-corrected chi connectivity index (χ3v) is 3.00. The van der Waals surface area contributed by atoms with Gasteiger partial charge in [0.05, 0.1) is 17.0 Å². The van der Waals surface area contributed by atoms with Crippen LogP contribution in [-0.2, 0) is 6.42 Å². The van der Waals surface area contributed by atoms with Crippen LogP contribution in [0.15, 0.2) is 21.1 Å². The number of rotatable bonds is 1. The lowest BCUT2D eigenvalue weighted by Crippen LogP contribution is -1.89. The Labute approximate surface area is 86.5 Å². The molecule has 0 atom stereocenters. The van der Waals surface area contributed by atoms with Crippen LogP contribution >= 0.6 is 31.9 Å². The number of hydrogen-bond donors (Lipinski definition) is 0. The molecule has 0 radical (unpaired) electrons. The van der Waals surface area contributed by atoms with E-state index in [4.69, 9.17) is 5.26 Å². The highest BCUT2D eigenvalue weighted by Gasteiger charge is 2.08. The van der Waals surface area contributed by atoms with Crippen LogP contribution < -0.4 is 0 Å². The molecule has 0 unspecified atom stereocenters. The Morgan fingerprint density at radius 3 is 2.67 bits per heavy atom. The third-order valence-electron chi connectivity index (χ3n) is 1.39. The van der Waals surface area contributed by atoms with Crippen molar-refractivity contribution in [2.24, 2.45) is 0 Å². The smallest absolute Gasteiger partial charge is 0.137 e. The molecule has 0 aliphatic rings. The maximum atomic E-state index is 12.9. The van der Waals surface area contributed by atoms with E-state index in [1.807, 2.05) is 6.07 Å². The van der Waals surface area contributed by atoms with Crippen LogP contribution in [0.5, 0.6) is 0 Å². The Morgan fingerprint density at radius 2 is 2.08 bits per heavy atom. The number of hydrogen-bond acceptors (Lipinski definition) is 1. The van der Waals surface area contributed by atoms with Gasteiger partial charge in [-0.3, -0.25) is 0 Å². The van der Waals surface area contributed by atoms with Gasteiger partial charge in [-0.25, -0.2) is 4.39 Å². The summed E-state index contributed by atoms with van der Waals surface area (Å²) in [6.45, 7) is 0. The fourth-order valence-electron chi connectivity index (χ4n) is 0.810. The van der Waals surface area contributed by atoms with Crippen LogP contribution in [0.2, 0.25) is 0 Å². The number of benzene rings is 1. The van der Waals surface area contributed by atoms with Gasteiger partial charge >= 0.3 is 0 Å². The monoisotopic (exact) mass is 291 g/mol. The largest absolute Gasteiger partial charge is 0.206 e. The molecule has 0 N–H and O–H groups in total. The van der Waals surface area contributed by atoms with E-state index in [-0.39, 0.29) is 12.2 Å². The Balaban J connectivity index is 3.25. The highest BCUT2D eigenvalue weighted by Crippen LogP contribution is 2.27. The summed E-state index contributed by atoms with van der Waals surface area (Å²) in [5, 5.41) is 8.45. The van der Waals surface area contributed by atoms with Crippen molar-refractivity contribution in [3.8, 4) is 6.07 Å². The fourth-order valence-corrected chi connectivity index (χ4v) is 2.03. The second kappa shape index (κ2) is 4.01. The van der Waals surface area contributed by atoms with Crippen molar-refractivity contribution in [1.82, 2.24) is 0 Å². The van der Waals surface area contributed by atoms with E-state index in [1.165, 1.54) is 6.07 Å². The molecule has 0 aliphatic carbocycles. The predicted octanol–water partition coefficient (Wildman–Crippen LogP) is 3.42. The van der Waals surface area contributed by atoms with E-state index in [1.54, 1.807) is 6.07 Å². The Kier molecular flexibility index (Phi) is 3.24. The van der Waals surface area contributed by atoms with Crippen LogP contribution in [0, 0.1) is 17.1 Å². The van der Waals surface area contributed by atoms with Crippen molar-refractivity contribution in [2.45, 2.75) is 6.42 Å². The zero-order valence-electron chi connectivity index (χ0n) is 5.94. The SMILES string of the molecule is N#CCc1c(Br)ccc(F)c1Br. The van der Waals surface area contributed by atoms with E-state index in [0.717, 1.165) is 4.47 Å². The van der Waals surface area contributed by atoms with Crippen molar-refractivity contribution in [3.63, 3.8) is 0 Å². The zero-order chi connectivity index (χ0) is 9.14. The standard InChI is InChI=1S/C8H4Br2FN/c9-6-1-2-7(11)8(10)5(6)3-4-12/h1-2H,3H2. The molecule has 0 spiro atoms. The minimum Gasteiger partial charge on any atom is -0.206 e. The summed E-state index contributed by atoms with van der Waals surface area (Å²) in [4.78, 5) is 0. The first-order valence-corrected chi connectivity index (χ1v) is 4.74. The first kappa shape index (κ1) is 9.69. The molecular weight excluding hydrogens is 289 g/mol. The number of nitrogens with zero attached hydrogens (tertiary/aromatic N) is 1. The van der Waals surface area contributed by atoms with E-state index in [9.17, 15) is 4.39 Å². The van der Waals surface area contributed by atoms with E-state index in [0.29, 0.717) is 10.0 Å². The van der Waals surface area contributed by atoms with Crippen LogP contribution in [0.1, 0.15) is 5.56 Å². The number of nitriles is 1. The molecule has 12 heavy (non-hydrogen) atoms. The van der Waals surface area contributed by atoms with Crippen LogP contribution in [0.3, 0.4) is 0 Å². The Bertz CT molecular complexity index is 344. The van der Waals surface area contributed by atoms with Gasteiger partial charge in [-0.1, -0.05) is 15.9 Å². The Hall–Kier alpha value is -0.400. The van der Waals surface area contributed by atoms with Crippen molar-refractivity contribution in [2.75, 3.05) is 0 Å². The highest BCUT2D eigenvalue weighted by atomic mass is 79.9. The van der Waals surface area contributed by atoms with Crippen molar-refractivity contribution < 1.29 is 4.39 Å². The molecule has 0 aliphatic heterocycles. The van der Waals surface area contributed by atoms with Gasteiger partial charge in [0, 0.05) is 4.47 Å². The normalized spacial score (nSPS) is 9.50. The molecule has 4 heteroatoms. The summed E-state index contributed by atoms with van der Waals surface area (Å²) in [7, 11) is 0. The van der Waals surface area contributed by atoms with Crippen LogP contribution in [0.25, 0.3) is 0 Å². The van der Waals surface area contributed by atoms with Crippen molar-refractivity contribution >= 4 is 31.9 Å². The van der Waals surface area contributed by atoms with Gasteiger partial charge in [0.1, 0.15) is 5.82 Å². The van der Waals surface area contributed by atoms with Crippen LogP contribution in [-0.4, -0.2) is 0 Å². The molecular formula is C8H4Br2FN. The summed E-state index contributed by atoms with van der Waals surface area (Å²) < 4.78 is 14.0. The van der Waals surface area contributed by atoms with E-state index in [2.05, 4.69) is 31.9 Å². The van der Waals surface area contributed by atoms with Gasteiger partial charge in [0.25, 0.3) is 0 Å². The average molecular weight is 293 g/mol. The third kappa shape index (κ3) is 1.85. The van der Waals surface area contributed by atoms with Gasteiger partial charge in [-0.2, -0.15) is 5.26 Å². The maximum absolute atomic E-state index is 12.9.